The van der Waals surface area contributed by atoms with Crippen molar-refractivity contribution >= 4 is 44.9 Å². The molecule has 22 heavy (non-hydrogen) atoms. The van der Waals surface area contributed by atoms with E-state index in [4.69, 9.17) is 4.74 Å². The number of rotatable bonds is 6. The standard InChI is InChI=1S/C16H18O4S2/c1-9(16(18)20-3)5-11(17)14-7-10-6-12(19-2)15(21-4)8-13(10)22-14/h6-9H,5H2,1-4H3. The summed E-state index contributed by atoms with van der Waals surface area (Å²) in [5, 5.41) is 0.980. The molecule has 0 N–H and O–H groups in total. The molecule has 1 atom stereocenters. The maximum atomic E-state index is 12.3. The SMILES string of the molecule is COC(=O)C(C)CC(=O)c1cc2cc(OC)c(SC)cc2s1. The van der Waals surface area contributed by atoms with E-state index >= 15 is 0 Å². The largest absolute Gasteiger partial charge is 0.496 e. The summed E-state index contributed by atoms with van der Waals surface area (Å²) in [6.45, 7) is 1.70. The summed E-state index contributed by atoms with van der Waals surface area (Å²) in [6, 6.07) is 5.83. The fourth-order valence-electron chi connectivity index (χ4n) is 2.17. The van der Waals surface area contributed by atoms with Crippen LogP contribution in [0.15, 0.2) is 23.1 Å². The van der Waals surface area contributed by atoms with Crippen LogP contribution in [0.4, 0.5) is 0 Å². The summed E-state index contributed by atoms with van der Waals surface area (Å²) in [6.07, 6.45) is 2.15. The Labute approximate surface area is 137 Å². The number of hydrogen-bond donors (Lipinski definition) is 0. The number of ether oxygens (including phenoxy) is 2. The van der Waals surface area contributed by atoms with Gasteiger partial charge in [0.25, 0.3) is 0 Å². The summed E-state index contributed by atoms with van der Waals surface area (Å²) in [4.78, 5) is 25.4. The first-order chi connectivity index (χ1) is 10.5. The van der Waals surface area contributed by atoms with E-state index in [2.05, 4.69) is 4.74 Å². The first kappa shape index (κ1) is 16.8. The second-order valence-corrected chi connectivity index (χ2v) is 6.84. The topological polar surface area (TPSA) is 52.6 Å². The van der Waals surface area contributed by atoms with Crippen LogP contribution < -0.4 is 4.74 Å². The number of thioether (sulfide) groups is 1. The smallest absolute Gasteiger partial charge is 0.308 e. The summed E-state index contributed by atoms with van der Waals surface area (Å²) in [5.41, 5.74) is 0. The van der Waals surface area contributed by atoms with Crippen molar-refractivity contribution in [2.45, 2.75) is 18.2 Å². The van der Waals surface area contributed by atoms with Gasteiger partial charge in [0.15, 0.2) is 5.78 Å². The van der Waals surface area contributed by atoms with Crippen LogP contribution in [0.25, 0.3) is 10.1 Å². The van der Waals surface area contributed by atoms with Gasteiger partial charge in [0.2, 0.25) is 0 Å². The molecule has 1 unspecified atom stereocenters. The molecule has 0 saturated heterocycles. The normalized spacial score (nSPS) is 12.2. The van der Waals surface area contributed by atoms with Gasteiger partial charge in [-0.25, -0.2) is 0 Å². The lowest BCUT2D eigenvalue weighted by Gasteiger charge is -2.06. The Bertz CT molecular complexity index is 664. The Morgan fingerprint density at radius 2 is 2.00 bits per heavy atom. The van der Waals surface area contributed by atoms with E-state index in [1.807, 2.05) is 24.5 Å². The van der Waals surface area contributed by atoms with Gasteiger partial charge in [-0.3, -0.25) is 9.59 Å². The van der Waals surface area contributed by atoms with E-state index in [0.29, 0.717) is 4.88 Å². The monoisotopic (exact) mass is 338 g/mol. The zero-order chi connectivity index (χ0) is 16.3. The molecule has 0 saturated carbocycles. The second kappa shape index (κ2) is 7.15. The lowest BCUT2D eigenvalue weighted by molar-refractivity contribution is -0.144. The van der Waals surface area contributed by atoms with Crippen molar-refractivity contribution < 1.29 is 19.1 Å². The van der Waals surface area contributed by atoms with Crippen LogP contribution in [0.5, 0.6) is 5.75 Å². The number of hydrogen-bond acceptors (Lipinski definition) is 6. The molecule has 0 aliphatic carbocycles. The molecule has 1 heterocycles. The summed E-state index contributed by atoms with van der Waals surface area (Å²) in [7, 11) is 2.97. The minimum absolute atomic E-state index is 0.0382. The Balaban J connectivity index is 2.29. The predicted octanol–water partition coefficient (Wildman–Crippen LogP) is 4.01. The third kappa shape index (κ3) is 3.44. The van der Waals surface area contributed by atoms with E-state index in [-0.39, 0.29) is 18.2 Å². The molecule has 1 aromatic heterocycles. The van der Waals surface area contributed by atoms with Crippen LogP contribution in [-0.4, -0.2) is 32.2 Å². The van der Waals surface area contributed by atoms with Gasteiger partial charge in [-0.2, -0.15) is 0 Å². The van der Waals surface area contributed by atoms with Crippen LogP contribution in [0, 0.1) is 5.92 Å². The van der Waals surface area contributed by atoms with Gasteiger partial charge in [-0.15, -0.1) is 23.1 Å². The fraction of sp³-hybridized carbons (Fsp3) is 0.375. The van der Waals surface area contributed by atoms with E-state index in [9.17, 15) is 9.59 Å². The number of ketones is 1. The first-order valence-corrected chi connectivity index (χ1v) is 8.80. The number of carbonyl (C=O) groups is 2. The van der Waals surface area contributed by atoms with Crippen LogP contribution in [0.1, 0.15) is 23.0 Å². The fourth-order valence-corrected chi connectivity index (χ4v) is 3.85. The van der Waals surface area contributed by atoms with Crippen LogP contribution in [-0.2, 0) is 9.53 Å². The number of thiophene rings is 1. The minimum atomic E-state index is -0.431. The number of fused-ring (bicyclic) bond motifs is 1. The second-order valence-electron chi connectivity index (χ2n) is 4.91. The lowest BCUT2D eigenvalue weighted by Crippen LogP contribution is -2.16. The number of carbonyl (C=O) groups excluding carboxylic acids is 2. The van der Waals surface area contributed by atoms with Gasteiger partial charge in [-0.1, -0.05) is 6.92 Å². The van der Waals surface area contributed by atoms with Crippen molar-refractivity contribution in [2.75, 3.05) is 20.5 Å². The molecule has 0 radical (unpaired) electrons. The lowest BCUT2D eigenvalue weighted by atomic mass is 10.0. The van der Waals surface area contributed by atoms with Gasteiger partial charge in [0.05, 0.1) is 29.9 Å². The summed E-state index contributed by atoms with van der Waals surface area (Å²) < 4.78 is 11.1. The average Bonchev–Trinajstić information content (AvgIpc) is 2.95. The molecule has 1 aromatic carbocycles. The minimum Gasteiger partial charge on any atom is -0.496 e. The van der Waals surface area contributed by atoms with Gasteiger partial charge in [0, 0.05) is 11.1 Å². The zero-order valence-corrected chi connectivity index (χ0v) is 14.6. The maximum Gasteiger partial charge on any atom is 0.308 e. The number of methoxy groups -OCH3 is 2. The molecule has 0 fully saturated rings. The number of benzene rings is 1. The zero-order valence-electron chi connectivity index (χ0n) is 13.0. The summed E-state index contributed by atoms with van der Waals surface area (Å²) in [5.74, 6) is -0.0247. The van der Waals surface area contributed by atoms with Crippen molar-refractivity contribution in [1.29, 1.82) is 0 Å². The third-order valence-corrected chi connectivity index (χ3v) is 5.29. The van der Waals surface area contributed by atoms with Crippen molar-refractivity contribution in [3.63, 3.8) is 0 Å². The first-order valence-electron chi connectivity index (χ1n) is 6.76. The molecule has 0 amide bonds. The van der Waals surface area contributed by atoms with Gasteiger partial charge >= 0.3 is 5.97 Å². The van der Waals surface area contributed by atoms with Gasteiger partial charge in [0.1, 0.15) is 5.75 Å². The van der Waals surface area contributed by atoms with Crippen molar-refractivity contribution in [2.24, 2.45) is 5.92 Å². The van der Waals surface area contributed by atoms with Crippen LogP contribution in [0.3, 0.4) is 0 Å². The summed E-state index contributed by atoms with van der Waals surface area (Å²) >= 11 is 3.05. The highest BCUT2D eigenvalue weighted by molar-refractivity contribution is 7.98. The van der Waals surface area contributed by atoms with Crippen LogP contribution in [0.2, 0.25) is 0 Å². The molecular weight excluding hydrogens is 320 g/mol. The highest BCUT2D eigenvalue weighted by Gasteiger charge is 2.20. The highest BCUT2D eigenvalue weighted by Crippen LogP contribution is 2.36. The van der Waals surface area contributed by atoms with Gasteiger partial charge in [-0.05, 0) is 29.8 Å². The third-order valence-electron chi connectivity index (χ3n) is 3.39. The van der Waals surface area contributed by atoms with E-state index in [1.54, 1.807) is 25.8 Å². The molecule has 0 spiro atoms. The number of esters is 1. The molecule has 4 nitrogen and oxygen atoms in total. The molecular formula is C16H18O4S2. The highest BCUT2D eigenvalue weighted by atomic mass is 32.2. The van der Waals surface area contributed by atoms with Gasteiger partial charge < -0.3 is 9.47 Å². The Morgan fingerprint density at radius 3 is 2.59 bits per heavy atom. The quantitative estimate of drug-likeness (QED) is 0.452. The maximum absolute atomic E-state index is 12.3. The molecule has 0 aliphatic rings. The molecule has 118 valence electrons. The Kier molecular flexibility index (Phi) is 5.47. The predicted molar refractivity (Wildman–Crippen MR) is 90.3 cm³/mol. The van der Waals surface area contributed by atoms with Crippen LogP contribution >= 0.6 is 23.1 Å². The Morgan fingerprint density at radius 1 is 1.27 bits per heavy atom. The molecule has 2 rings (SSSR count). The molecule has 2 aromatic rings. The molecule has 0 bridgehead atoms. The molecule has 0 aliphatic heterocycles. The number of Topliss-reactive ketones (excluding diaryl/α,β-unsaturated/α-hetero) is 1. The molecule has 6 heteroatoms. The van der Waals surface area contributed by atoms with E-state index < -0.39 is 5.92 Å². The van der Waals surface area contributed by atoms with Crippen molar-refractivity contribution in [1.82, 2.24) is 0 Å². The van der Waals surface area contributed by atoms with E-state index in [0.717, 1.165) is 20.7 Å². The average molecular weight is 338 g/mol. The van der Waals surface area contributed by atoms with E-state index in [1.165, 1.54) is 18.4 Å². The van der Waals surface area contributed by atoms with Crippen molar-refractivity contribution in [3.05, 3.63) is 23.1 Å². The van der Waals surface area contributed by atoms with Crippen molar-refractivity contribution in [3.8, 4) is 5.75 Å². The Hall–Kier alpha value is -1.53.